The van der Waals surface area contributed by atoms with Crippen molar-refractivity contribution < 1.29 is 9.53 Å². The van der Waals surface area contributed by atoms with Gasteiger partial charge in [-0.15, -0.1) is 0 Å². The summed E-state index contributed by atoms with van der Waals surface area (Å²) in [5.74, 6) is 3.24. The molecule has 0 spiro atoms. The average molecular weight is 373 g/mol. The molecule has 0 bridgehead atoms. The fourth-order valence-corrected chi connectivity index (χ4v) is 3.50. The predicted octanol–water partition coefficient (Wildman–Crippen LogP) is 2.40. The van der Waals surface area contributed by atoms with Gasteiger partial charge in [-0.3, -0.25) is 9.79 Å². The molecule has 3 rings (SSSR count). The van der Waals surface area contributed by atoms with Crippen molar-refractivity contribution in [3.05, 3.63) is 29.8 Å². The lowest BCUT2D eigenvalue weighted by atomic mass is 9.93. The van der Waals surface area contributed by atoms with E-state index in [1.54, 1.807) is 7.05 Å². The molecule has 1 aromatic rings. The Labute approximate surface area is 162 Å². The van der Waals surface area contributed by atoms with E-state index in [0.717, 1.165) is 55.7 Å². The molecule has 1 aliphatic carbocycles. The lowest BCUT2D eigenvalue weighted by Gasteiger charge is -2.34. The molecule has 2 aliphatic rings. The van der Waals surface area contributed by atoms with E-state index in [1.807, 2.05) is 25.2 Å². The van der Waals surface area contributed by atoms with E-state index >= 15 is 0 Å². The molecule has 1 aliphatic heterocycles. The first kappa shape index (κ1) is 19.5. The Balaban J connectivity index is 1.49. The smallest absolute Gasteiger partial charge is 0.220 e. The minimum absolute atomic E-state index is 0.138. The number of nitrogens with one attached hydrogen (secondary N) is 2. The van der Waals surface area contributed by atoms with Crippen LogP contribution in [0.3, 0.4) is 0 Å². The highest BCUT2D eigenvalue weighted by Gasteiger charge is 2.24. The predicted molar refractivity (Wildman–Crippen MR) is 108 cm³/mol. The summed E-state index contributed by atoms with van der Waals surface area (Å²) in [7, 11) is 3.53. The maximum atomic E-state index is 11.6. The van der Waals surface area contributed by atoms with E-state index in [-0.39, 0.29) is 5.91 Å². The van der Waals surface area contributed by atoms with E-state index in [0.29, 0.717) is 18.9 Å². The van der Waals surface area contributed by atoms with Crippen molar-refractivity contribution in [1.29, 1.82) is 0 Å². The first-order chi connectivity index (χ1) is 13.2. The second kappa shape index (κ2) is 9.62. The minimum Gasteiger partial charge on any atom is -0.493 e. The highest BCUT2D eigenvalue weighted by atomic mass is 16.5. The van der Waals surface area contributed by atoms with Crippen molar-refractivity contribution in [2.75, 3.05) is 33.8 Å². The molecule has 1 saturated carbocycles. The zero-order valence-electron chi connectivity index (χ0n) is 16.5. The number of aliphatic imine (C=N–C) groups is 1. The van der Waals surface area contributed by atoms with Gasteiger partial charge in [0.2, 0.25) is 5.91 Å². The largest absolute Gasteiger partial charge is 0.493 e. The van der Waals surface area contributed by atoms with Crippen molar-refractivity contribution in [1.82, 2.24) is 15.5 Å². The number of ether oxygens (including phenoxy) is 1. The zero-order chi connectivity index (χ0) is 19.1. The first-order valence-electron chi connectivity index (χ1n) is 10.1. The fourth-order valence-electron chi connectivity index (χ4n) is 3.50. The van der Waals surface area contributed by atoms with E-state index in [4.69, 9.17) is 4.74 Å². The topological polar surface area (TPSA) is 66.0 Å². The molecule has 2 fully saturated rings. The highest BCUT2D eigenvalue weighted by Crippen LogP contribution is 2.30. The SMILES string of the molecule is CN=C(NCc1ccccc1OCC1CC1)N1CCC(CC(=O)NC)CC1. The molecule has 6 nitrogen and oxygen atoms in total. The molecule has 2 N–H and O–H groups in total. The van der Waals surface area contributed by atoms with Crippen LogP contribution in [-0.4, -0.2) is 50.6 Å². The van der Waals surface area contributed by atoms with Crippen LogP contribution >= 0.6 is 0 Å². The molecule has 0 atom stereocenters. The van der Waals surface area contributed by atoms with Gasteiger partial charge in [0.1, 0.15) is 5.75 Å². The molecule has 1 heterocycles. The van der Waals surface area contributed by atoms with Crippen LogP contribution in [0.1, 0.15) is 37.7 Å². The van der Waals surface area contributed by atoms with Crippen LogP contribution in [0.5, 0.6) is 5.75 Å². The second-order valence-electron chi connectivity index (χ2n) is 7.57. The summed E-state index contributed by atoms with van der Waals surface area (Å²) >= 11 is 0. The number of hydrogen-bond acceptors (Lipinski definition) is 3. The Morgan fingerprint density at radius 1 is 1.19 bits per heavy atom. The molecule has 6 heteroatoms. The Bertz CT molecular complexity index is 649. The molecule has 0 unspecified atom stereocenters. The molecule has 1 saturated heterocycles. The number of hydrogen-bond donors (Lipinski definition) is 2. The van der Waals surface area contributed by atoms with Gasteiger partial charge in [-0.1, -0.05) is 18.2 Å². The molecule has 1 amide bonds. The number of guanidine groups is 1. The van der Waals surface area contributed by atoms with E-state index in [2.05, 4.69) is 26.6 Å². The summed E-state index contributed by atoms with van der Waals surface area (Å²) < 4.78 is 6.00. The number of para-hydroxylation sites is 1. The van der Waals surface area contributed by atoms with Gasteiger partial charge < -0.3 is 20.3 Å². The van der Waals surface area contributed by atoms with E-state index in [1.165, 1.54) is 12.8 Å². The molecule has 0 radical (unpaired) electrons. The summed E-state index contributed by atoms with van der Waals surface area (Å²) in [6.45, 7) is 3.39. The van der Waals surface area contributed by atoms with Gasteiger partial charge >= 0.3 is 0 Å². The second-order valence-corrected chi connectivity index (χ2v) is 7.57. The summed E-state index contributed by atoms with van der Waals surface area (Å²) in [6.07, 6.45) is 5.26. The van der Waals surface area contributed by atoms with Crippen LogP contribution in [0, 0.1) is 11.8 Å². The minimum atomic E-state index is 0.138. The lowest BCUT2D eigenvalue weighted by molar-refractivity contribution is -0.121. The molecular weight excluding hydrogens is 340 g/mol. The van der Waals surface area contributed by atoms with Crippen molar-refractivity contribution in [2.24, 2.45) is 16.8 Å². The number of amides is 1. The van der Waals surface area contributed by atoms with Gasteiger partial charge in [0, 0.05) is 45.7 Å². The van der Waals surface area contributed by atoms with Crippen molar-refractivity contribution in [2.45, 2.75) is 38.6 Å². The van der Waals surface area contributed by atoms with Crippen LogP contribution in [0.15, 0.2) is 29.3 Å². The Morgan fingerprint density at radius 3 is 2.59 bits per heavy atom. The summed E-state index contributed by atoms with van der Waals surface area (Å²) in [5, 5.41) is 6.20. The number of carbonyl (C=O) groups excluding carboxylic acids is 1. The number of carbonyl (C=O) groups is 1. The number of piperidine rings is 1. The third-order valence-electron chi connectivity index (χ3n) is 5.46. The zero-order valence-corrected chi connectivity index (χ0v) is 16.5. The van der Waals surface area contributed by atoms with E-state index < -0.39 is 0 Å². The molecule has 1 aromatic carbocycles. The maximum Gasteiger partial charge on any atom is 0.220 e. The summed E-state index contributed by atoms with van der Waals surface area (Å²) in [6, 6.07) is 8.23. The van der Waals surface area contributed by atoms with Crippen LogP contribution in [0.4, 0.5) is 0 Å². The third kappa shape index (κ3) is 5.88. The Hall–Kier alpha value is -2.24. The summed E-state index contributed by atoms with van der Waals surface area (Å²) in [5.41, 5.74) is 1.16. The molecule has 0 aromatic heterocycles. The Morgan fingerprint density at radius 2 is 1.93 bits per heavy atom. The van der Waals surface area contributed by atoms with Crippen molar-refractivity contribution in [3.8, 4) is 5.75 Å². The number of nitrogens with zero attached hydrogens (tertiary/aromatic N) is 2. The van der Waals surface area contributed by atoms with Gasteiger partial charge in [0.15, 0.2) is 5.96 Å². The van der Waals surface area contributed by atoms with Crippen LogP contribution in [-0.2, 0) is 11.3 Å². The van der Waals surface area contributed by atoms with Gasteiger partial charge in [0.25, 0.3) is 0 Å². The Kier molecular flexibility index (Phi) is 6.96. The normalized spacial score (nSPS) is 18.3. The fraction of sp³-hybridized carbons (Fsp3) is 0.619. The maximum absolute atomic E-state index is 11.6. The van der Waals surface area contributed by atoms with Gasteiger partial charge in [-0.2, -0.15) is 0 Å². The van der Waals surface area contributed by atoms with Crippen LogP contribution in [0.2, 0.25) is 0 Å². The molecule has 27 heavy (non-hydrogen) atoms. The number of likely N-dealkylation sites (tertiary alicyclic amines) is 1. The van der Waals surface area contributed by atoms with Crippen molar-refractivity contribution >= 4 is 11.9 Å². The van der Waals surface area contributed by atoms with Crippen LogP contribution < -0.4 is 15.4 Å². The number of benzene rings is 1. The van der Waals surface area contributed by atoms with Gasteiger partial charge in [-0.05, 0) is 43.6 Å². The molecular formula is C21H32N4O2. The summed E-state index contributed by atoms with van der Waals surface area (Å²) in [4.78, 5) is 18.3. The third-order valence-corrected chi connectivity index (χ3v) is 5.46. The van der Waals surface area contributed by atoms with E-state index in [9.17, 15) is 4.79 Å². The quantitative estimate of drug-likeness (QED) is 0.570. The number of rotatable bonds is 7. The van der Waals surface area contributed by atoms with Gasteiger partial charge in [-0.25, -0.2) is 0 Å². The van der Waals surface area contributed by atoms with Crippen LogP contribution in [0.25, 0.3) is 0 Å². The average Bonchev–Trinajstić information content (AvgIpc) is 3.53. The monoisotopic (exact) mass is 372 g/mol. The highest BCUT2D eigenvalue weighted by molar-refractivity contribution is 5.80. The standard InChI is InChI=1S/C21H32N4O2/c1-22-20(26)13-16-9-11-25(12-10-16)21(23-2)24-14-18-5-3-4-6-19(18)27-15-17-7-8-17/h3-6,16-17H,7-15H2,1-2H3,(H,22,26)(H,23,24). The lowest BCUT2D eigenvalue weighted by Crippen LogP contribution is -2.45. The van der Waals surface area contributed by atoms with Crippen molar-refractivity contribution in [3.63, 3.8) is 0 Å². The first-order valence-corrected chi connectivity index (χ1v) is 10.1. The van der Waals surface area contributed by atoms with Gasteiger partial charge in [0.05, 0.1) is 6.61 Å². The molecule has 148 valence electrons.